The van der Waals surface area contributed by atoms with Gasteiger partial charge in [-0.15, -0.1) is 10.2 Å². The van der Waals surface area contributed by atoms with Gasteiger partial charge in [-0.05, 0) is 29.8 Å². The highest BCUT2D eigenvalue weighted by Gasteiger charge is 2.14. The van der Waals surface area contributed by atoms with E-state index in [9.17, 15) is 4.39 Å². The van der Waals surface area contributed by atoms with Gasteiger partial charge >= 0.3 is 0 Å². The van der Waals surface area contributed by atoms with Crippen LogP contribution in [-0.2, 0) is 6.42 Å². The standard InChI is InChI=1S/C18H15FN4O2S/c1-24-14-7-6-11(8-15(14)25-2)9-16-20-21-18-23(16)22-17(26-18)12-4-3-5-13(19)10-12/h3-8,10H,9H2,1-2H3. The van der Waals surface area contributed by atoms with Crippen LogP contribution < -0.4 is 9.47 Å². The van der Waals surface area contributed by atoms with Crippen LogP contribution in [0.15, 0.2) is 42.5 Å². The number of hydrogen-bond donors (Lipinski definition) is 0. The Balaban J connectivity index is 1.67. The molecule has 0 aliphatic rings. The van der Waals surface area contributed by atoms with Crippen molar-refractivity contribution in [2.75, 3.05) is 14.2 Å². The summed E-state index contributed by atoms with van der Waals surface area (Å²) in [7, 11) is 3.20. The second kappa shape index (κ2) is 6.72. The van der Waals surface area contributed by atoms with E-state index >= 15 is 0 Å². The van der Waals surface area contributed by atoms with Crippen LogP contribution in [0.1, 0.15) is 11.4 Å². The van der Waals surface area contributed by atoms with Crippen molar-refractivity contribution in [3.05, 3.63) is 59.7 Å². The first-order valence-electron chi connectivity index (χ1n) is 7.86. The van der Waals surface area contributed by atoms with Gasteiger partial charge in [-0.2, -0.15) is 9.61 Å². The van der Waals surface area contributed by atoms with E-state index in [0.29, 0.717) is 33.7 Å². The van der Waals surface area contributed by atoms with Gasteiger partial charge in [-0.1, -0.05) is 29.5 Å². The Bertz CT molecular complexity index is 1080. The molecule has 2 heterocycles. The third-order valence-electron chi connectivity index (χ3n) is 3.94. The fraction of sp³-hybridized carbons (Fsp3) is 0.167. The number of benzene rings is 2. The van der Waals surface area contributed by atoms with E-state index in [1.807, 2.05) is 24.3 Å². The van der Waals surface area contributed by atoms with Gasteiger partial charge < -0.3 is 9.47 Å². The minimum absolute atomic E-state index is 0.293. The number of fused-ring (bicyclic) bond motifs is 1. The van der Waals surface area contributed by atoms with Gasteiger partial charge in [0, 0.05) is 12.0 Å². The average molecular weight is 370 g/mol. The van der Waals surface area contributed by atoms with Crippen LogP contribution in [0.4, 0.5) is 4.39 Å². The van der Waals surface area contributed by atoms with Crippen molar-refractivity contribution in [2.45, 2.75) is 6.42 Å². The fourth-order valence-electron chi connectivity index (χ4n) is 2.68. The lowest BCUT2D eigenvalue weighted by Crippen LogP contribution is -1.99. The smallest absolute Gasteiger partial charge is 0.234 e. The lowest BCUT2D eigenvalue weighted by molar-refractivity contribution is 0.354. The molecule has 2 aromatic heterocycles. The van der Waals surface area contributed by atoms with E-state index < -0.39 is 0 Å². The first-order valence-corrected chi connectivity index (χ1v) is 8.67. The normalized spacial score (nSPS) is 11.0. The van der Waals surface area contributed by atoms with Crippen molar-refractivity contribution in [1.29, 1.82) is 0 Å². The zero-order valence-electron chi connectivity index (χ0n) is 14.1. The quantitative estimate of drug-likeness (QED) is 0.537. The predicted molar refractivity (Wildman–Crippen MR) is 96.4 cm³/mol. The van der Waals surface area contributed by atoms with Crippen molar-refractivity contribution in [2.24, 2.45) is 0 Å². The summed E-state index contributed by atoms with van der Waals surface area (Å²) in [4.78, 5) is 0.666. The SMILES string of the molecule is COc1ccc(Cc2nnc3sc(-c4cccc(F)c4)nn23)cc1OC. The molecular weight excluding hydrogens is 355 g/mol. The third kappa shape index (κ3) is 2.99. The minimum atomic E-state index is -0.293. The molecule has 132 valence electrons. The minimum Gasteiger partial charge on any atom is -0.493 e. The maximum atomic E-state index is 13.5. The summed E-state index contributed by atoms with van der Waals surface area (Å²) >= 11 is 1.37. The number of ether oxygens (including phenoxy) is 2. The predicted octanol–water partition coefficient (Wildman–Crippen LogP) is 3.60. The van der Waals surface area contributed by atoms with Crippen molar-refractivity contribution in [3.8, 4) is 22.1 Å². The molecular formula is C18H15FN4O2S. The molecule has 0 bridgehead atoms. The zero-order chi connectivity index (χ0) is 18.1. The van der Waals surface area contributed by atoms with Gasteiger partial charge in [-0.3, -0.25) is 0 Å². The van der Waals surface area contributed by atoms with E-state index in [1.165, 1.54) is 23.5 Å². The molecule has 0 unspecified atom stereocenters. The Hall–Kier alpha value is -3.00. The Morgan fingerprint density at radius 1 is 1.04 bits per heavy atom. The van der Waals surface area contributed by atoms with Crippen molar-refractivity contribution in [1.82, 2.24) is 19.8 Å². The second-order valence-corrected chi connectivity index (χ2v) is 6.55. The van der Waals surface area contributed by atoms with Crippen LogP contribution in [0.25, 0.3) is 15.5 Å². The monoisotopic (exact) mass is 370 g/mol. The molecule has 0 aliphatic carbocycles. The molecule has 0 N–H and O–H groups in total. The highest BCUT2D eigenvalue weighted by atomic mass is 32.1. The average Bonchev–Trinajstić information content (AvgIpc) is 3.23. The van der Waals surface area contributed by atoms with Gasteiger partial charge in [0.25, 0.3) is 0 Å². The summed E-state index contributed by atoms with van der Waals surface area (Å²) in [6.45, 7) is 0. The van der Waals surface area contributed by atoms with E-state index in [2.05, 4.69) is 15.3 Å². The third-order valence-corrected chi connectivity index (χ3v) is 4.89. The first kappa shape index (κ1) is 16.5. The molecule has 0 fully saturated rings. The van der Waals surface area contributed by atoms with Gasteiger partial charge in [0.2, 0.25) is 4.96 Å². The Labute approximate surface area is 152 Å². The highest BCUT2D eigenvalue weighted by molar-refractivity contribution is 7.19. The summed E-state index contributed by atoms with van der Waals surface area (Å²) in [5.41, 5.74) is 1.72. The molecule has 0 aliphatic heterocycles. The summed E-state index contributed by atoms with van der Waals surface area (Å²) in [5.74, 6) is 1.74. The van der Waals surface area contributed by atoms with Gasteiger partial charge in [0.05, 0.1) is 14.2 Å². The largest absolute Gasteiger partial charge is 0.493 e. The summed E-state index contributed by atoms with van der Waals surface area (Å²) in [5, 5.41) is 13.6. The molecule has 8 heteroatoms. The molecule has 0 radical (unpaired) electrons. The van der Waals surface area contributed by atoms with E-state index in [4.69, 9.17) is 9.47 Å². The number of halogens is 1. The van der Waals surface area contributed by atoms with Crippen LogP contribution in [0.5, 0.6) is 11.5 Å². The maximum absolute atomic E-state index is 13.5. The van der Waals surface area contributed by atoms with Crippen molar-refractivity contribution >= 4 is 16.3 Å². The molecule has 0 atom stereocenters. The number of hydrogen-bond acceptors (Lipinski definition) is 6. The van der Waals surface area contributed by atoms with Crippen LogP contribution in [0.2, 0.25) is 0 Å². The summed E-state index contributed by atoms with van der Waals surface area (Å²) < 4.78 is 25.7. The zero-order valence-corrected chi connectivity index (χ0v) is 15.0. The van der Waals surface area contributed by atoms with Crippen molar-refractivity contribution < 1.29 is 13.9 Å². The Kier molecular flexibility index (Phi) is 4.26. The second-order valence-electron chi connectivity index (χ2n) is 5.59. The number of methoxy groups -OCH3 is 2. The Morgan fingerprint density at radius 2 is 1.88 bits per heavy atom. The number of rotatable bonds is 5. The fourth-order valence-corrected chi connectivity index (χ4v) is 3.53. The van der Waals surface area contributed by atoms with Crippen LogP contribution in [-0.4, -0.2) is 34.0 Å². The number of aromatic nitrogens is 4. The topological polar surface area (TPSA) is 61.5 Å². The molecule has 0 saturated carbocycles. The van der Waals surface area contributed by atoms with Gasteiger partial charge in [0.15, 0.2) is 17.3 Å². The maximum Gasteiger partial charge on any atom is 0.234 e. The molecule has 0 spiro atoms. The van der Waals surface area contributed by atoms with Crippen molar-refractivity contribution in [3.63, 3.8) is 0 Å². The first-order chi connectivity index (χ1) is 12.7. The molecule has 26 heavy (non-hydrogen) atoms. The van der Waals surface area contributed by atoms with Gasteiger partial charge in [0.1, 0.15) is 10.8 Å². The molecule has 6 nitrogen and oxygen atoms in total. The molecule has 0 saturated heterocycles. The molecule has 2 aromatic carbocycles. The molecule has 4 rings (SSSR count). The molecule has 0 amide bonds. The molecule has 4 aromatic rings. The van der Waals surface area contributed by atoms with Crippen LogP contribution in [0.3, 0.4) is 0 Å². The highest BCUT2D eigenvalue weighted by Crippen LogP contribution is 2.29. The van der Waals surface area contributed by atoms with E-state index in [1.54, 1.807) is 24.8 Å². The Morgan fingerprint density at radius 3 is 2.65 bits per heavy atom. The summed E-state index contributed by atoms with van der Waals surface area (Å²) in [6.07, 6.45) is 0.536. The van der Waals surface area contributed by atoms with E-state index in [0.717, 1.165) is 11.1 Å². The van der Waals surface area contributed by atoms with Gasteiger partial charge in [-0.25, -0.2) is 4.39 Å². The summed E-state index contributed by atoms with van der Waals surface area (Å²) in [6, 6.07) is 12.1. The van der Waals surface area contributed by atoms with E-state index in [-0.39, 0.29) is 5.82 Å². The lowest BCUT2D eigenvalue weighted by atomic mass is 10.1. The lowest BCUT2D eigenvalue weighted by Gasteiger charge is -2.08. The number of nitrogens with zero attached hydrogens (tertiary/aromatic N) is 4. The van der Waals surface area contributed by atoms with Crippen LogP contribution >= 0.6 is 11.3 Å². The van der Waals surface area contributed by atoms with Crippen LogP contribution in [0, 0.1) is 5.82 Å².